The summed E-state index contributed by atoms with van der Waals surface area (Å²) in [5, 5.41) is 0. The van der Waals surface area contributed by atoms with Crippen molar-refractivity contribution < 1.29 is 68.2 Å². The SMILES string of the molecule is CCCCCCCCCCCCCCCOc1ccc([I+]c2ccccc2)cc1.CCCCCCCCCCOc1ccc([SH+]c2ccccc2)cc1.[F-].[F-].[F][Sb]([F])([F])([F])[F].[F][Sb]([F])([F])([F])[F]. The summed E-state index contributed by atoms with van der Waals surface area (Å²) in [7, 11) is 0. The van der Waals surface area contributed by atoms with Crippen LogP contribution in [0.25, 0.3) is 0 Å². The molecule has 0 spiro atoms. The summed E-state index contributed by atoms with van der Waals surface area (Å²) >= 11 is -17.2. The average molecular weight is 1320 g/mol. The third-order valence-electron chi connectivity index (χ3n) is 9.40. The van der Waals surface area contributed by atoms with Crippen molar-refractivity contribution in [2.24, 2.45) is 0 Å². The molecule has 4 rings (SSSR count). The van der Waals surface area contributed by atoms with Crippen molar-refractivity contribution in [2.45, 2.75) is 158 Å². The Balaban J connectivity index is 0. The standard InChI is InChI=1S/C27H40IO.C22H30OS.12FH.2Sb/c1-2-3-4-5-6-7-8-9-10-11-12-13-17-24-29-27-22-20-26(21-23-27)28-25-18-15-14-16-19-25;1-2-3-4-5-6-7-8-12-19-23-20-15-17-22(18-16-20)24-21-13-10-9-11-14-21;;;;;;;;;;;;;;/h14-16,18-23H,2-13,17,24H2,1H3;9-11,13-18H,2-8,12,19H2,1H3;12*1H;;/q+1;;;;;;;;;;;;;;2*+5/p-11. The molecule has 386 valence electrons. The van der Waals surface area contributed by atoms with Crippen LogP contribution < -0.4 is 40.1 Å². The number of rotatable bonds is 29. The van der Waals surface area contributed by atoms with Gasteiger partial charge < -0.3 is 18.9 Å². The van der Waals surface area contributed by atoms with E-state index >= 15 is 0 Å². The first-order chi connectivity index (χ1) is 30.7. The molecular weight excluding hydrogens is 1250 g/mol. The molecule has 0 saturated carbocycles. The van der Waals surface area contributed by atoms with Crippen LogP contribution >= 0.6 is 0 Å². The van der Waals surface area contributed by atoms with Crippen LogP contribution in [0.1, 0.15) is 149 Å². The van der Waals surface area contributed by atoms with Crippen molar-refractivity contribution in [3.8, 4) is 11.5 Å². The van der Waals surface area contributed by atoms with Gasteiger partial charge in [0.1, 0.15) is 11.5 Å². The number of benzene rings is 4. The Bertz CT molecular complexity index is 1670. The number of halogens is 13. The number of ether oxygens (including phenoxy) is 2. The summed E-state index contributed by atoms with van der Waals surface area (Å²) in [6.45, 7) is 6.25. The first-order valence-corrected chi connectivity index (χ1v) is 35.6. The molecule has 18 heteroatoms. The molecule has 0 aliphatic heterocycles. The van der Waals surface area contributed by atoms with Gasteiger partial charge in [0.25, 0.3) is 0 Å². The summed E-state index contributed by atoms with van der Waals surface area (Å²) in [5.41, 5.74) is 0. The van der Waals surface area contributed by atoms with Crippen LogP contribution in [0.2, 0.25) is 0 Å². The molecule has 2 nitrogen and oxygen atoms in total. The van der Waals surface area contributed by atoms with Crippen molar-refractivity contribution in [1.82, 2.24) is 0 Å². The fourth-order valence-corrected chi connectivity index (χ4v) is 9.33. The van der Waals surface area contributed by atoms with Crippen LogP contribution in [0.5, 0.6) is 11.5 Å². The maximum absolute atomic E-state index is 9.91. The van der Waals surface area contributed by atoms with Crippen molar-refractivity contribution in [3.05, 3.63) is 116 Å². The third kappa shape index (κ3) is 52.0. The zero-order valence-electron chi connectivity index (χ0n) is 38.7. The van der Waals surface area contributed by atoms with E-state index in [2.05, 4.69) is 123 Å². The molecule has 0 saturated heterocycles. The van der Waals surface area contributed by atoms with Gasteiger partial charge in [0.05, 0.1) is 13.2 Å². The van der Waals surface area contributed by atoms with Gasteiger partial charge >= 0.3 is 89.9 Å². The summed E-state index contributed by atoms with van der Waals surface area (Å²) in [6.07, 6.45) is 28.8. The molecule has 4 aromatic carbocycles. The van der Waals surface area contributed by atoms with E-state index in [4.69, 9.17) is 9.47 Å². The minimum absolute atomic E-state index is 0. The van der Waals surface area contributed by atoms with E-state index in [1.54, 1.807) is 0 Å². The van der Waals surface area contributed by atoms with Crippen LogP contribution in [0.4, 0.5) is 28.1 Å². The maximum atomic E-state index is 9.91. The van der Waals surface area contributed by atoms with Gasteiger partial charge in [0, 0.05) is 11.8 Å². The van der Waals surface area contributed by atoms with Gasteiger partial charge in [-0.2, -0.15) is 0 Å². The van der Waals surface area contributed by atoms with Gasteiger partial charge in [-0.1, -0.05) is 172 Å². The zero-order valence-corrected chi connectivity index (χ0v) is 46.9. The molecule has 0 aliphatic carbocycles. The Hall–Kier alpha value is -1.64. The zero-order chi connectivity index (χ0) is 48.2. The second kappa shape index (κ2) is 39.0. The molecule has 0 amide bonds. The number of hydrogen-bond acceptors (Lipinski definition) is 2. The van der Waals surface area contributed by atoms with Gasteiger partial charge in [-0.05, 0) is 85.6 Å². The molecule has 0 aromatic heterocycles. The first-order valence-electron chi connectivity index (χ1n) is 22.9. The second-order valence-corrected chi connectivity index (χ2v) is 27.1. The van der Waals surface area contributed by atoms with Crippen LogP contribution in [0, 0.1) is 7.14 Å². The second-order valence-electron chi connectivity index (χ2n) is 15.5. The third-order valence-corrected chi connectivity index (χ3v) is 13.2. The van der Waals surface area contributed by atoms with Crippen LogP contribution in [-0.2, 0) is 11.8 Å². The van der Waals surface area contributed by atoms with Gasteiger partial charge in [0.15, 0.2) is 16.9 Å². The summed E-state index contributed by atoms with van der Waals surface area (Å²) < 4.78 is 114. The van der Waals surface area contributed by atoms with E-state index in [1.165, 1.54) is 157 Å². The molecule has 0 heterocycles. The number of unbranched alkanes of at least 4 members (excludes halogenated alkanes) is 19. The Morgan fingerprint density at radius 2 is 0.627 bits per heavy atom. The summed E-state index contributed by atoms with van der Waals surface area (Å²) in [4.78, 5) is 2.63. The van der Waals surface area contributed by atoms with Crippen LogP contribution in [0.3, 0.4) is 0 Å². The van der Waals surface area contributed by atoms with Crippen molar-refractivity contribution in [3.63, 3.8) is 0 Å². The average Bonchev–Trinajstić information content (AvgIpc) is 3.23. The first kappa shape index (κ1) is 67.4. The molecule has 0 bridgehead atoms. The fraction of sp³-hybridized carbons (Fsp3) is 0.510. The molecular formula is C49H71F12IO2SSb2. The summed E-state index contributed by atoms with van der Waals surface area (Å²) in [5.74, 6) is 2.01. The van der Waals surface area contributed by atoms with E-state index in [0.717, 1.165) is 31.1 Å². The molecule has 0 fully saturated rings. The van der Waals surface area contributed by atoms with Crippen LogP contribution in [-0.4, -0.2) is 53.8 Å². The van der Waals surface area contributed by atoms with Gasteiger partial charge in [-0.3, -0.25) is 0 Å². The van der Waals surface area contributed by atoms with E-state index in [1.807, 2.05) is 0 Å². The molecule has 4 aromatic rings. The topological polar surface area (TPSA) is 18.5 Å². The Morgan fingerprint density at radius 3 is 0.970 bits per heavy atom. The van der Waals surface area contributed by atoms with Gasteiger partial charge in [-0.25, -0.2) is 0 Å². The molecule has 0 atom stereocenters. The normalized spacial score (nSPS) is 12.0. The molecule has 0 aliphatic rings. The quantitative estimate of drug-likeness (QED) is 0.0135. The predicted octanol–water partition coefficient (Wildman–Crippen LogP) is 9.17. The van der Waals surface area contributed by atoms with Crippen molar-refractivity contribution >= 4 is 52.4 Å². The van der Waals surface area contributed by atoms with Crippen LogP contribution in [0.15, 0.2) is 119 Å². The van der Waals surface area contributed by atoms with E-state index < -0.39 is 40.6 Å². The predicted molar refractivity (Wildman–Crippen MR) is 250 cm³/mol. The minimum atomic E-state index is -9.19. The molecule has 67 heavy (non-hydrogen) atoms. The molecule has 0 N–H and O–H groups in total. The van der Waals surface area contributed by atoms with Gasteiger partial charge in [-0.15, -0.1) is 0 Å². The monoisotopic (exact) mass is 1320 g/mol. The molecule has 0 unspecified atom stereocenters. The Kier molecular flexibility index (Phi) is 39.3. The Labute approximate surface area is 416 Å². The molecule has 0 radical (unpaired) electrons. The number of thiol groups is 1. The fourth-order valence-electron chi connectivity index (χ4n) is 6.20. The van der Waals surface area contributed by atoms with E-state index in [9.17, 15) is 28.1 Å². The Morgan fingerprint density at radius 1 is 0.358 bits per heavy atom. The number of hydrogen-bond donors (Lipinski definition) is 0. The van der Waals surface area contributed by atoms with Gasteiger partial charge in [0.2, 0.25) is 0 Å². The summed E-state index contributed by atoms with van der Waals surface area (Å²) in [6, 6.07) is 38.6. The van der Waals surface area contributed by atoms with Crippen molar-refractivity contribution in [2.75, 3.05) is 13.2 Å². The van der Waals surface area contributed by atoms with E-state index in [0.29, 0.717) is 0 Å². The van der Waals surface area contributed by atoms with E-state index in [-0.39, 0.29) is 30.6 Å². The van der Waals surface area contributed by atoms with Crippen molar-refractivity contribution in [1.29, 1.82) is 0 Å².